The van der Waals surface area contributed by atoms with Crippen LogP contribution in [0, 0.1) is 6.92 Å². The van der Waals surface area contributed by atoms with Gasteiger partial charge in [-0.2, -0.15) is 0 Å². The van der Waals surface area contributed by atoms with Crippen LogP contribution in [0.15, 0.2) is 38.6 Å². The van der Waals surface area contributed by atoms with Crippen molar-refractivity contribution in [2.24, 2.45) is 0 Å². The quantitative estimate of drug-likeness (QED) is 0.621. The molecule has 2 aromatic rings. The van der Waals surface area contributed by atoms with E-state index in [1.165, 1.54) is 24.9 Å². The predicted octanol–water partition coefficient (Wildman–Crippen LogP) is 5.86. The highest BCUT2D eigenvalue weighted by atomic mass is 79.9. The van der Waals surface area contributed by atoms with Crippen LogP contribution in [0.1, 0.15) is 35.4 Å². The van der Waals surface area contributed by atoms with Gasteiger partial charge in [0.15, 0.2) is 0 Å². The van der Waals surface area contributed by atoms with Gasteiger partial charge < -0.3 is 5.32 Å². The molecule has 1 nitrogen and oxygen atoms in total. The average Bonchev–Trinajstić information content (AvgIpc) is 2.83. The molecular weight excluding hydrogens is 398 g/mol. The first-order valence-electron chi connectivity index (χ1n) is 6.83. The van der Waals surface area contributed by atoms with Crippen molar-refractivity contribution >= 4 is 43.2 Å². The summed E-state index contributed by atoms with van der Waals surface area (Å²) in [5.41, 5.74) is 2.64. The van der Waals surface area contributed by atoms with Gasteiger partial charge in [0.1, 0.15) is 0 Å². The minimum atomic E-state index is 0.356. The van der Waals surface area contributed by atoms with E-state index < -0.39 is 0 Å². The molecule has 108 valence electrons. The third-order valence-electron chi connectivity index (χ3n) is 3.26. The molecule has 0 fully saturated rings. The Hall–Kier alpha value is -0.160. The molecule has 1 atom stereocenters. The van der Waals surface area contributed by atoms with E-state index in [2.05, 4.69) is 80.7 Å². The van der Waals surface area contributed by atoms with Crippen molar-refractivity contribution in [2.45, 2.75) is 32.7 Å². The zero-order chi connectivity index (χ0) is 14.5. The number of hydrogen-bond acceptors (Lipinski definition) is 2. The molecule has 20 heavy (non-hydrogen) atoms. The number of benzene rings is 1. The number of thiophene rings is 1. The summed E-state index contributed by atoms with van der Waals surface area (Å²) in [6, 6.07) is 9.07. The molecule has 0 aliphatic heterocycles. The number of halogens is 2. The minimum absolute atomic E-state index is 0.356. The molecule has 0 radical (unpaired) electrons. The van der Waals surface area contributed by atoms with Crippen molar-refractivity contribution in [3.63, 3.8) is 0 Å². The van der Waals surface area contributed by atoms with Crippen LogP contribution >= 0.6 is 43.2 Å². The summed E-state index contributed by atoms with van der Waals surface area (Å²) < 4.78 is 2.40. The lowest BCUT2D eigenvalue weighted by Gasteiger charge is -2.20. The molecule has 0 amide bonds. The summed E-state index contributed by atoms with van der Waals surface area (Å²) in [6.07, 6.45) is 2.17. The lowest BCUT2D eigenvalue weighted by atomic mass is 10.0. The zero-order valence-electron chi connectivity index (χ0n) is 11.7. The summed E-state index contributed by atoms with van der Waals surface area (Å²) in [6.45, 7) is 5.39. The van der Waals surface area contributed by atoms with Crippen molar-refractivity contribution in [1.29, 1.82) is 0 Å². The second-order valence-electron chi connectivity index (χ2n) is 4.92. The van der Waals surface area contributed by atoms with Crippen LogP contribution in [0.3, 0.4) is 0 Å². The standard InChI is InChI=1S/C16H19Br2NS/c1-3-7-19-15(9-13-8-12(17)10-20-13)14-6-4-5-11(2)16(14)18/h4-6,8,10,15,19H,3,7,9H2,1-2H3. The zero-order valence-corrected chi connectivity index (χ0v) is 15.7. The highest BCUT2D eigenvalue weighted by Gasteiger charge is 2.16. The highest BCUT2D eigenvalue weighted by molar-refractivity contribution is 9.10. The molecule has 1 N–H and O–H groups in total. The van der Waals surface area contributed by atoms with E-state index in [1.54, 1.807) is 0 Å². The number of rotatable bonds is 6. The Morgan fingerprint density at radius 2 is 2.10 bits per heavy atom. The summed E-state index contributed by atoms with van der Waals surface area (Å²) in [4.78, 5) is 1.40. The van der Waals surface area contributed by atoms with Crippen LogP contribution < -0.4 is 5.32 Å². The van der Waals surface area contributed by atoms with E-state index in [1.807, 2.05) is 11.3 Å². The summed E-state index contributed by atoms with van der Waals surface area (Å²) in [5.74, 6) is 0. The summed E-state index contributed by atoms with van der Waals surface area (Å²) >= 11 is 9.10. The topological polar surface area (TPSA) is 12.0 Å². The molecule has 0 spiro atoms. The Kier molecular flexibility index (Phi) is 6.27. The number of nitrogens with one attached hydrogen (secondary N) is 1. The van der Waals surface area contributed by atoms with E-state index in [0.717, 1.165) is 19.4 Å². The second kappa shape index (κ2) is 7.74. The molecule has 0 aliphatic carbocycles. The van der Waals surface area contributed by atoms with Gasteiger partial charge in [-0.05, 0) is 53.0 Å². The molecule has 4 heteroatoms. The normalized spacial score (nSPS) is 12.6. The van der Waals surface area contributed by atoms with E-state index in [0.29, 0.717) is 6.04 Å². The van der Waals surface area contributed by atoms with Crippen LogP contribution in [-0.4, -0.2) is 6.54 Å². The molecule has 2 rings (SSSR count). The maximum absolute atomic E-state index is 3.75. The van der Waals surface area contributed by atoms with Crippen molar-refractivity contribution in [3.05, 3.63) is 54.6 Å². The van der Waals surface area contributed by atoms with Gasteiger partial charge in [-0.3, -0.25) is 0 Å². The van der Waals surface area contributed by atoms with Crippen molar-refractivity contribution in [3.8, 4) is 0 Å². The Balaban J connectivity index is 2.24. The van der Waals surface area contributed by atoms with Gasteiger partial charge in [-0.15, -0.1) is 11.3 Å². The number of hydrogen-bond donors (Lipinski definition) is 1. The number of aryl methyl sites for hydroxylation is 1. The maximum atomic E-state index is 3.75. The molecule has 1 heterocycles. The molecular formula is C16H19Br2NS. The lowest BCUT2D eigenvalue weighted by molar-refractivity contribution is 0.530. The van der Waals surface area contributed by atoms with Gasteiger partial charge in [0.05, 0.1) is 0 Å². The van der Waals surface area contributed by atoms with Crippen molar-refractivity contribution in [2.75, 3.05) is 6.54 Å². The Morgan fingerprint density at radius 1 is 1.30 bits per heavy atom. The third-order valence-corrected chi connectivity index (χ3v) is 6.07. The molecule has 1 unspecified atom stereocenters. The molecule has 0 aliphatic rings. The fourth-order valence-corrected chi connectivity index (χ4v) is 4.25. The summed E-state index contributed by atoms with van der Waals surface area (Å²) in [5, 5.41) is 5.82. The fourth-order valence-electron chi connectivity index (χ4n) is 2.21. The highest BCUT2D eigenvalue weighted by Crippen LogP contribution is 2.31. The van der Waals surface area contributed by atoms with Crippen LogP contribution in [0.25, 0.3) is 0 Å². The molecule has 0 saturated carbocycles. The van der Waals surface area contributed by atoms with E-state index in [-0.39, 0.29) is 0 Å². The first-order chi connectivity index (χ1) is 9.61. The minimum Gasteiger partial charge on any atom is -0.310 e. The van der Waals surface area contributed by atoms with E-state index in [9.17, 15) is 0 Å². The lowest BCUT2D eigenvalue weighted by Crippen LogP contribution is -2.24. The average molecular weight is 417 g/mol. The fraction of sp³-hybridized carbons (Fsp3) is 0.375. The third kappa shape index (κ3) is 4.17. The Labute approximate surface area is 142 Å². The summed E-state index contributed by atoms with van der Waals surface area (Å²) in [7, 11) is 0. The van der Waals surface area contributed by atoms with Gasteiger partial charge in [0, 0.05) is 31.7 Å². The Morgan fingerprint density at radius 3 is 2.75 bits per heavy atom. The van der Waals surface area contributed by atoms with Crippen LogP contribution in [-0.2, 0) is 6.42 Å². The van der Waals surface area contributed by atoms with Gasteiger partial charge in [0.25, 0.3) is 0 Å². The first-order valence-corrected chi connectivity index (χ1v) is 9.29. The smallest absolute Gasteiger partial charge is 0.0380 e. The largest absolute Gasteiger partial charge is 0.310 e. The predicted molar refractivity (Wildman–Crippen MR) is 95.6 cm³/mol. The first kappa shape index (κ1) is 16.2. The van der Waals surface area contributed by atoms with E-state index >= 15 is 0 Å². The SMILES string of the molecule is CCCNC(Cc1cc(Br)cs1)c1cccc(C)c1Br. The van der Waals surface area contributed by atoms with E-state index in [4.69, 9.17) is 0 Å². The van der Waals surface area contributed by atoms with Gasteiger partial charge in [-0.25, -0.2) is 0 Å². The van der Waals surface area contributed by atoms with Gasteiger partial charge in [-0.1, -0.05) is 41.1 Å². The van der Waals surface area contributed by atoms with Crippen LogP contribution in [0.2, 0.25) is 0 Å². The molecule has 0 saturated heterocycles. The van der Waals surface area contributed by atoms with Crippen molar-refractivity contribution in [1.82, 2.24) is 5.32 Å². The molecule has 1 aromatic carbocycles. The molecule has 1 aromatic heterocycles. The monoisotopic (exact) mass is 415 g/mol. The van der Waals surface area contributed by atoms with Crippen LogP contribution in [0.4, 0.5) is 0 Å². The van der Waals surface area contributed by atoms with Gasteiger partial charge >= 0.3 is 0 Å². The van der Waals surface area contributed by atoms with Crippen LogP contribution in [0.5, 0.6) is 0 Å². The Bertz CT molecular complexity index is 565. The molecule has 0 bridgehead atoms. The van der Waals surface area contributed by atoms with Gasteiger partial charge in [0.2, 0.25) is 0 Å². The maximum Gasteiger partial charge on any atom is 0.0380 e. The second-order valence-corrected chi connectivity index (χ2v) is 7.62. The van der Waals surface area contributed by atoms with Crippen molar-refractivity contribution < 1.29 is 0 Å².